The van der Waals surface area contributed by atoms with E-state index in [1.165, 1.54) is 13.2 Å². The van der Waals surface area contributed by atoms with E-state index in [-0.39, 0.29) is 18.9 Å². The molecule has 0 aliphatic heterocycles. The van der Waals surface area contributed by atoms with E-state index in [1.807, 2.05) is 0 Å². The van der Waals surface area contributed by atoms with Gasteiger partial charge in [-0.25, -0.2) is 4.79 Å². The summed E-state index contributed by atoms with van der Waals surface area (Å²) in [5.41, 5.74) is 0.135. The zero-order valence-electron chi connectivity index (χ0n) is 10.1. The van der Waals surface area contributed by atoms with Crippen molar-refractivity contribution in [2.24, 2.45) is 0 Å². The highest BCUT2D eigenvalue weighted by atomic mass is 16.5. The molecule has 0 aliphatic carbocycles. The van der Waals surface area contributed by atoms with E-state index < -0.39 is 17.6 Å². The van der Waals surface area contributed by atoms with Crippen LogP contribution in [-0.2, 0) is 9.53 Å². The minimum Gasteiger partial charge on any atom is -0.469 e. The molecule has 8 nitrogen and oxygen atoms in total. The van der Waals surface area contributed by atoms with Gasteiger partial charge in [-0.1, -0.05) is 0 Å². The third-order valence-electron chi connectivity index (χ3n) is 1.95. The summed E-state index contributed by atoms with van der Waals surface area (Å²) >= 11 is 0. The highest BCUT2D eigenvalue weighted by molar-refractivity contribution is 5.87. The van der Waals surface area contributed by atoms with E-state index in [0.29, 0.717) is 5.69 Å². The van der Waals surface area contributed by atoms with Crippen molar-refractivity contribution in [3.05, 3.63) is 22.1 Å². The fourth-order valence-electron chi connectivity index (χ4n) is 1.17. The Morgan fingerprint density at radius 2 is 2.22 bits per heavy atom. The second kappa shape index (κ2) is 6.38. The number of rotatable bonds is 4. The van der Waals surface area contributed by atoms with E-state index in [2.05, 4.69) is 25.3 Å². The maximum atomic E-state index is 11.4. The molecule has 2 amide bonds. The first-order valence-corrected chi connectivity index (χ1v) is 5.21. The Morgan fingerprint density at radius 1 is 1.50 bits per heavy atom. The fourth-order valence-corrected chi connectivity index (χ4v) is 1.17. The molecule has 1 rings (SSSR count). The van der Waals surface area contributed by atoms with Crippen molar-refractivity contribution >= 4 is 17.9 Å². The first-order chi connectivity index (χ1) is 8.51. The fraction of sp³-hybridized carbons (Fsp3) is 0.400. The summed E-state index contributed by atoms with van der Waals surface area (Å²) in [6, 6.07) is 0.744. The highest BCUT2D eigenvalue weighted by Gasteiger charge is 2.05. The number of anilines is 1. The van der Waals surface area contributed by atoms with E-state index in [4.69, 9.17) is 0 Å². The number of ether oxygens (including phenoxy) is 1. The van der Waals surface area contributed by atoms with Crippen LogP contribution in [0.4, 0.5) is 10.7 Å². The number of aromatic nitrogens is 2. The Bertz CT molecular complexity index is 497. The van der Waals surface area contributed by atoms with Gasteiger partial charge in [0.1, 0.15) is 0 Å². The molecule has 0 aromatic carbocycles. The number of aromatic amines is 1. The number of carbonyl (C=O) groups excluding carboxylic acids is 2. The van der Waals surface area contributed by atoms with Gasteiger partial charge in [0.15, 0.2) is 0 Å². The Labute approximate surface area is 103 Å². The monoisotopic (exact) mass is 254 g/mol. The summed E-state index contributed by atoms with van der Waals surface area (Å²) in [4.78, 5) is 39.5. The van der Waals surface area contributed by atoms with Gasteiger partial charge in [0.2, 0.25) is 5.95 Å². The van der Waals surface area contributed by atoms with Crippen molar-refractivity contribution in [3.8, 4) is 0 Å². The number of esters is 1. The van der Waals surface area contributed by atoms with E-state index in [9.17, 15) is 14.4 Å². The van der Waals surface area contributed by atoms with Crippen LogP contribution in [-0.4, -0.2) is 35.6 Å². The second-order valence-electron chi connectivity index (χ2n) is 3.46. The summed E-state index contributed by atoms with van der Waals surface area (Å²) in [6.45, 7) is 1.80. The third-order valence-corrected chi connectivity index (χ3v) is 1.95. The number of nitrogens with zero attached hydrogens (tertiary/aromatic N) is 1. The minimum atomic E-state index is -0.562. The summed E-state index contributed by atoms with van der Waals surface area (Å²) in [7, 11) is 1.27. The summed E-state index contributed by atoms with van der Waals surface area (Å²) in [6.07, 6.45) is 0.0711. The molecule has 0 saturated heterocycles. The zero-order valence-corrected chi connectivity index (χ0v) is 10.1. The van der Waals surface area contributed by atoms with Crippen LogP contribution < -0.4 is 16.2 Å². The molecule has 0 fully saturated rings. The number of methoxy groups -OCH3 is 1. The normalized spacial score (nSPS) is 9.67. The zero-order chi connectivity index (χ0) is 13.5. The van der Waals surface area contributed by atoms with Crippen LogP contribution in [0.3, 0.4) is 0 Å². The molecular weight excluding hydrogens is 240 g/mol. The lowest BCUT2D eigenvalue weighted by Crippen LogP contribution is -2.32. The molecule has 0 radical (unpaired) electrons. The van der Waals surface area contributed by atoms with Gasteiger partial charge < -0.3 is 15.0 Å². The molecule has 0 bridgehead atoms. The van der Waals surface area contributed by atoms with Gasteiger partial charge in [0.25, 0.3) is 5.56 Å². The van der Waals surface area contributed by atoms with Crippen molar-refractivity contribution in [1.29, 1.82) is 0 Å². The van der Waals surface area contributed by atoms with Crippen LogP contribution in [0.25, 0.3) is 0 Å². The molecule has 18 heavy (non-hydrogen) atoms. The molecule has 1 aromatic heterocycles. The average Bonchev–Trinajstić information content (AvgIpc) is 2.27. The van der Waals surface area contributed by atoms with Crippen LogP contribution in [0.15, 0.2) is 10.9 Å². The smallest absolute Gasteiger partial charge is 0.321 e. The predicted octanol–water partition coefficient (Wildman–Crippen LogP) is -0.237. The largest absolute Gasteiger partial charge is 0.469 e. The summed E-state index contributed by atoms with van der Waals surface area (Å²) in [5, 5.41) is 4.77. The molecule has 1 heterocycles. The Kier molecular flexibility index (Phi) is 4.85. The topological polar surface area (TPSA) is 113 Å². The number of urea groups is 1. The van der Waals surface area contributed by atoms with Gasteiger partial charge in [-0.15, -0.1) is 0 Å². The lowest BCUT2D eigenvalue weighted by molar-refractivity contribution is -0.140. The number of hydrogen-bond acceptors (Lipinski definition) is 5. The minimum absolute atomic E-state index is 0.0515. The lowest BCUT2D eigenvalue weighted by Gasteiger charge is -2.06. The van der Waals surface area contributed by atoms with Crippen molar-refractivity contribution < 1.29 is 14.3 Å². The molecule has 0 spiro atoms. The van der Waals surface area contributed by atoms with E-state index in [0.717, 1.165) is 0 Å². The SMILES string of the molecule is COC(=O)CCNC(=O)Nc1nc(=O)cc(C)[nH]1. The number of H-pyrrole nitrogens is 1. The van der Waals surface area contributed by atoms with Gasteiger partial charge in [-0.3, -0.25) is 14.9 Å². The van der Waals surface area contributed by atoms with Gasteiger partial charge in [0.05, 0.1) is 13.5 Å². The van der Waals surface area contributed by atoms with E-state index >= 15 is 0 Å². The van der Waals surface area contributed by atoms with Crippen LogP contribution >= 0.6 is 0 Å². The Hall–Kier alpha value is -2.38. The molecule has 0 aliphatic rings. The number of nitrogens with one attached hydrogen (secondary N) is 3. The standard InChI is InChI=1S/C10H14N4O4/c1-6-5-7(15)13-9(12-6)14-10(17)11-4-3-8(16)18-2/h5H,3-4H2,1-2H3,(H3,11,12,13,14,15,17). The van der Waals surface area contributed by atoms with Gasteiger partial charge in [-0.05, 0) is 6.92 Å². The van der Waals surface area contributed by atoms with Crippen molar-refractivity contribution in [2.45, 2.75) is 13.3 Å². The molecule has 0 unspecified atom stereocenters. The Balaban J connectivity index is 2.44. The summed E-state index contributed by atoms with van der Waals surface area (Å²) < 4.78 is 4.41. The first kappa shape index (κ1) is 13.7. The molecule has 0 saturated carbocycles. The average molecular weight is 254 g/mol. The van der Waals surface area contributed by atoms with Gasteiger partial charge >= 0.3 is 12.0 Å². The van der Waals surface area contributed by atoms with Crippen molar-refractivity contribution in [2.75, 3.05) is 19.0 Å². The molecule has 1 aromatic rings. The van der Waals surface area contributed by atoms with E-state index in [1.54, 1.807) is 6.92 Å². The second-order valence-corrected chi connectivity index (χ2v) is 3.46. The predicted molar refractivity (Wildman–Crippen MR) is 63.2 cm³/mol. The van der Waals surface area contributed by atoms with Crippen molar-refractivity contribution in [3.63, 3.8) is 0 Å². The lowest BCUT2D eigenvalue weighted by atomic mass is 10.4. The van der Waals surface area contributed by atoms with Crippen LogP contribution in [0.2, 0.25) is 0 Å². The third kappa shape index (κ3) is 4.64. The van der Waals surface area contributed by atoms with Crippen LogP contribution in [0.5, 0.6) is 0 Å². The number of aryl methyl sites for hydroxylation is 1. The molecule has 0 atom stereocenters. The van der Waals surface area contributed by atoms with Crippen LogP contribution in [0.1, 0.15) is 12.1 Å². The highest BCUT2D eigenvalue weighted by Crippen LogP contribution is 1.95. The molecular formula is C10H14N4O4. The molecule has 3 N–H and O–H groups in total. The number of carbonyl (C=O) groups is 2. The quantitative estimate of drug-likeness (QED) is 0.642. The first-order valence-electron chi connectivity index (χ1n) is 5.21. The van der Waals surface area contributed by atoms with Gasteiger partial charge in [-0.2, -0.15) is 4.98 Å². The van der Waals surface area contributed by atoms with Crippen molar-refractivity contribution in [1.82, 2.24) is 15.3 Å². The molecule has 8 heteroatoms. The van der Waals surface area contributed by atoms with Gasteiger partial charge in [0, 0.05) is 18.3 Å². The number of amides is 2. The summed E-state index contributed by atoms with van der Waals surface area (Å²) in [5.74, 6) is -0.368. The Morgan fingerprint density at radius 3 is 2.83 bits per heavy atom. The number of hydrogen-bond donors (Lipinski definition) is 3. The molecule has 98 valence electrons. The maximum absolute atomic E-state index is 11.4. The van der Waals surface area contributed by atoms with Crippen LogP contribution in [0, 0.1) is 6.92 Å². The maximum Gasteiger partial charge on any atom is 0.321 e.